The van der Waals surface area contributed by atoms with Crippen LogP contribution in [0.4, 0.5) is 0 Å². The van der Waals surface area contributed by atoms with Crippen LogP contribution in [0.2, 0.25) is 0 Å². The minimum Gasteiger partial charge on any atom is -0.481 e. The summed E-state index contributed by atoms with van der Waals surface area (Å²) in [5.41, 5.74) is 1.25. The van der Waals surface area contributed by atoms with Gasteiger partial charge in [0.1, 0.15) is 0 Å². The topological polar surface area (TPSA) is 22.1 Å². The van der Waals surface area contributed by atoms with Crippen LogP contribution < -0.4 is 4.74 Å². The lowest BCUT2D eigenvalue weighted by atomic mass is 10.3. The van der Waals surface area contributed by atoms with Crippen molar-refractivity contribution in [1.82, 2.24) is 4.98 Å². The van der Waals surface area contributed by atoms with Crippen LogP contribution >= 0.6 is 11.8 Å². The van der Waals surface area contributed by atoms with Crippen LogP contribution in [0.3, 0.4) is 0 Å². The van der Waals surface area contributed by atoms with Crippen LogP contribution in [0.25, 0.3) is 0 Å². The fourth-order valence-corrected chi connectivity index (χ4v) is 1.33. The minimum absolute atomic E-state index is 0.691. The Labute approximate surface area is 71.0 Å². The summed E-state index contributed by atoms with van der Waals surface area (Å²) in [6.07, 6.45) is 3.84. The molecule has 0 unspecified atom stereocenters. The van der Waals surface area contributed by atoms with Gasteiger partial charge < -0.3 is 4.74 Å². The Bertz CT molecular complexity index is 227. The van der Waals surface area contributed by atoms with Crippen LogP contribution in [0.1, 0.15) is 5.56 Å². The van der Waals surface area contributed by atoms with Crippen LogP contribution in [-0.4, -0.2) is 18.3 Å². The Hall–Kier alpha value is -0.700. The molecule has 0 spiro atoms. The van der Waals surface area contributed by atoms with Crippen molar-refractivity contribution < 1.29 is 4.74 Å². The molecule has 0 fully saturated rings. The fraction of sp³-hybridized carbons (Fsp3) is 0.375. The van der Waals surface area contributed by atoms with E-state index in [4.69, 9.17) is 4.74 Å². The first-order valence-corrected chi connectivity index (χ1v) is 4.74. The average Bonchev–Trinajstić information content (AvgIpc) is 2.06. The summed E-state index contributed by atoms with van der Waals surface area (Å²) < 4.78 is 4.98. The molecular weight excluding hydrogens is 158 g/mol. The van der Waals surface area contributed by atoms with Crippen LogP contribution in [0, 0.1) is 0 Å². The van der Waals surface area contributed by atoms with Gasteiger partial charge in [-0.3, -0.25) is 0 Å². The van der Waals surface area contributed by atoms with Crippen molar-refractivity contribution in [1.29, 1.82) is 0 Å². The highest BCUT2D eigenvalue weighted by Crippen LogP contribution is 2.12. The second kappa shape index (κ2) is 4.23. The molecule has 1 rings (SSSR count). The van der Waals surface area contributed by atoms with Crippen molar-refractivity contribution in [3.63, 3.8) is 0 Å². The summed E-state index contributed by atoms with van der Waals surface area (Å²) in [6.45, 7) is 0. The van der Waals surface area contributed by atoms with Crippen LogP contribution in [0.5, 0.6) is 5.88 Å². The summed E-state index contributed by atoms with van der Waals surface area (Å²) in [5, 5.41) is 0. The predicted molar refractivity (Wildman–Crippen MR) is 48.0 cm³/mol. The van der Waals surface area contributed by atoms with Gasteiger partial charge in [0.05, 0.1) is 7.11 Å². The van der Waals surface area contributed by atoms with E-state index >= 15 is 0 Å². The molecular formula is C8H11NOS. The quantitative estimate of drug-likeness (QED) is 0.690. The zero-order valence-electron chi connectivity index (χ0n) is 6.70. The number of methoxy groups -OCH3 is 1. The number of hydrogen-bond donors (Lipinski definition) is 0. The van der Waals surface area contributed by atoms with Gasteiger partial charge in [0, 0.05) is 18.0 Å². The van der Waals surface area contributed by atoms with E-state index in [9.17, 15) is 0 Å². The van der Waals surface area contributed by atoms with Crippen molar-refractivity contribution >= 4 is 11.8 Å². The molecule has 0 aliphatic heterocycles. The largest absolute Gasteiger partial charge is 0.481 e. The maximum Gasteiger partial charge on any atom is 0.213 e. The molecule has 0 amide bonds. The van der Waals surface area contributed by atoms with E-state index in [-0.39, 0.29) is 0 Å². The second-order valence-electron chi connectivity index (χ2n) is 2.14. The van der Waals surface area contributed by atoms with E-state index < -0.39 is 0 Å². The van der Waals surface area contributed by atoms with Gasteiger partial charge in [-0.25, -0.2) is 4.98 Å². The maximum absolute atomic E-state index is 4.98. The zero-order valence-corrected chi connectivity index (χ0v) is 7.52. The third kappa shape index (κ3) is 2.42. The SMILES string of the molecule is COc1cc(CSC)ccn1. The molecule has 60 valence electrons. The molecule has 1 heterocycles. The Morgan fingerprint density at radius 3 is 3.09 bits per heavy atom. The molecule has 1 aromatic heterocycles. The molecule has 1 aromatic rings. The van der Waals surface area contributed by atoms with Gasteiger partial charge in [-0.05, 0) is 17.9 Å². The van der Waals surface area contributed by atoms with Gasteiger partial charge in [0.25, 0.3) is 0 Å². The van der Waals surface area contributed by atoms with Gasteiger partial charge in [-0.1, -0.05) is 0 Å². The molecule has 3 heteroatoms. The highest BCUT2D eigenvalue weighted by Gasteiger charge is 1.94. The van der Waals surface area contributed by atoms with Crippen molar-refractivity contribution in [2.45, 2.75) is 5.75 Å². The summed E-state index contributed by atoms with van der Waals surface area (Å²) in [5.74, 6) is 1.70. The number of aromatic nitrogens is 1. The van der Waals surface area contributed by atoms with Gasteiger partial charge in [-0.2, -0.15) is 11.8 Å². The van der Waals surface area contributed by atoms with Crippen LogP contribution in [-0.2, 0) is 5.75 Å². The number of ether oxygens (including phenoxy) is 1. The zero-order chi connectivity index (χ0) is 8.10. The normalized spacial score (nSPS) is 9.64. The minimum atomic E-state index is 0.691. The molecule has 0 atom stereocenters. The second-order valence-corrected chi connectivity index (χ2v) is 3.01. The smallest absolute Gasteiger partial charge is 0.213 e. The summed E-state index contributed by atoms with van der Waals surface area (Å²) in [4.78, 5) is 4.01. The maximum atomic E-state index is 4.98. The Balaban J connectivity index is 2.74. The first kappa shape index (κ1) is 8.40. The third-order valence-electron chi connectivity index (χ3n) is 1.32. The molecule has 0 aliphatic carbocycles. The van der Waals surface area contributed by atoms with E-state index in [2.05, 4.69) is 11.2 Å². The lowest BCUT2D eigenvalue weighted by molar-refractivity contribution is 0.397. The molecule has 0 aromatic carbocycles. The van der Waals surface area contributed by atoms with Crippen molar-refractivity contribution in [3.05, 3.63) is 23.9 Å². The van der Waals surface area contributed by atoms with Gasteiger partial charge in [0.2, 0.25) is 5.88 Å². The average molecular weight is 169 g/mol. The number of nitrogens with zero attached hydrogens (tertiary/aromatic N) is 1. The highest BCUT2D eigenvalue weighted by atomic mass is 32.2. The monoisotopic (exact) mass is 169 g/mol. The Morgan fingerprint density at radius 1 is 1.64 bits per heavy atom. The Kier molecular flexibility index (Phi) is 3.23. The highest BCUT2D eigenvalue weighted by molar-refractivity contribution is 7.97. The van der Waals surface area contributed by atoms with E-state index in [1.54, 1.807) is 25.1 Å². The summed E-state index contributed by atoms with van der Waals surface area (Å²) >= 11 is 1.79. The first-order chi connectivity index (χ1) is 5.36. The van der Waals surface area contributed by atoms with Crippen LogP contribution in [0.15, 0.2) is 18.3 Å². The van der Waals surface area contributed by atoms with Gasteiger partial charge in [-0.15, -0.1) is 0 Å². The summed E-state index contributed by atoms with van der Waals surface area (Å²) in [7, 11) is 1.63. The lowest BCUT2D eigenvalue weighted by Crippen LogP contribution is -1.88. The number of rotatable bonds is 3. The standard InChI is InChI=1S/C8H11NOS/c1-10-8-5-7(6-11-2)3-4-9-8/h3-5H,6H2,1-2H3. The van der Waals surface area contributed by atoms with E-state index in [0.29, 0.717) is 5.88 Å². The molecule has 11 heavy (non-hydrogen) atoms. The van der Waals surface area contributed by atoms with Crippen molar-refractivity contribution in [2.24, 2.45) is 0 Å². The fourth-order valence-electron chi connectivity index (χ4n) is 0.819. The molecule has 0 saturated carbocycles. The van der Waals surface area contributed by atoms with Gasteiger partial charge >= 0.3 is 0 Å². The van der Waals surface area contributed by atoms with E-state index in [1.807, 2.05) is 12.1 Å². The lowest BCUT2D eigenvalue weighted by Gasteiger charge is -2.00. The molecule has 0 saturated heterocycles. The van der Waals surface area contributed by atoms with Gasteiger partial charge in [0.15, 0.2) is 0 Å². The molecule has 0 radical (unpaired) electrons. The third-order valence-corrected chi connectivity index (χ3v) is 1.94. The first-order valence-electron chi connectivity index (χ1n) is 3.34. The van der Waals surface area contributed by atoms with Crippen molar-refractivity contribution in [3.8, 4) is 5.88 Å². The Morgan fingerprint density at radius 2 is 2.45 bits per heavy atom. The molecule has 2 nitrogen and oxygen atoms in total. The van der Waals surface area contributed by atoms with E-state index in [1.165, 1.54) is 5.56 Å². The molecule has 0 N–H and O–H groups in total. The van der Waals surface area contributed by atoms with E-state index in [0.717, 1.165) is 5.75 Å². The number of pyridine rings is 1. The molecule has 0 bridgehead atoms. The van der Waals surface area contributed by atoms with Crippen molar-refractivity contribution in [2.75, 3.05) is 13.4 Å². The number of thioether (sulfide) groups is 1. The summed E-state index contributed by atoms with van der Waals surface area (Å²) in [6, 6.07) is 3.95. The molecule has 0 aliphatic rings. The number of hydrogen-bond acceptors (Lipinski definition) is 3. The predicted octanol–water partition coefficient (Wildman–Crippen LogP) is 1.95.